The van der Waals surface area contributed by atoms with Crippen molar-refractivity contribution in [3.05, 3.63) is 125 Å². The Morgan fingerprint density at radius 2 is 1.43 bits per heavy atom. The van der Waals surface area contributed by atoms with Gasteiger partial charge in [-0.1, -0.05) is 94.4 Å². The van der Waals surface area contributed by atoms with Crippen molar-refractivity contribution in [3.8, 4) is 11.1 Å². The van der Waals surface area contributed by atoms with Gasteiger partial charge in [0.15, 0.2) is 0 Å². The quantitative estimate of drug-likeness (QED) is 0.237. The number of nitrogens with one attached hydrogen (secondary N) is 1. The van der Waals surface area contributed by atoms with Gasteiger partial charge in [0.05, 0.1) is 0 Å². The third-order valence-corrected chi connectivity index (χ3v) is 7.07. The molecule has 4 rings (SSSR count). The molecule has 2 amide bonds. The van der Waals surface area contributed by atoms with Crippen molar-refractivity contribution in [2.45, 2.75) is 52.5 Å². The molecule has 0 saturated carbocycles. The van der Waals surface area contributed by atoms with Crippen LogP contribution < -0.4 is 5.32 Å². The molecule has 5 nitrogen and oxygen atoms in total. The van der Waals surface area contributed by atoms with Crippen LogP contribution in [0.2, 0.25) is 0 Å². The number of hydrogen-bond acceptors (Lipinski definition) is 3. The van der Waals surface area contributed by atoms with E-state index < -0.39 is 0 Å². The number of aromatic nitrogens is 1. The highest BCUT2D eigenvalue weighted by Crippen LogP contribution is 2.29. The molecule has 1 heterocycles. The first kappa shape index (κ1) is 28.8. The summed E-state index contributed by atoms with van der Waals surface area (Å²) < 4.78 is 0. The van der Waals surface area contributed by atoms with E-state index >= 15 is 0 Å². The van der Waals surface area contributed by atoms with Crippen molar-refractivity contribution >= 4 is 11.8 Å². The predicted octanol–water partition coefficient (Wildman–Crippen LogP) is 7.07. The molecule has 0 unspecified atom stereocenters. The van der Waals surface area contributed by atoms with Crippen LogP contribution >= 0.6 is 0 Å². The lowest BCUT2D eigenvalue weighted by molar-refractivity contribution is 0.0757. The maximum atomic E-state index is 13.8. The van der Waals surface area contributed by atoms with Gasteiger partial charge in [-0.05, 0) is 64.3 Å². The van der Waals surface area contributed by atoms with Gasteiger partial charge in [-0.15, -0.1) is 0 Å². The standard InChI is InChI=1S/C35H39N3O2/c1-5-22-38(23-20-26-11-10-21-36-24-26)34(40)32-15-9-7-13-30(32)29-12-6-8-14-31(29)33(39)37-25-27-16-18-28(19-17-27)35(2,3)4/h6-19,21,24H,5,20,22-23,25H2,1-4H3,(H,37,39). The maximum Gasteiger partial charge on any atom is 0.254 e. The lowest BCUT2D eigenvalue weighted by Crippen LogP contribution is -2.34. The largest absolute Gasteiger partial charge is 0.348 e. The Hall–Kier alpha value is -4.25. The van der Waals surface area contributed by atoms with Gasteiger partial charge in [-0.25, -0.2) is 0 Å². The van der Waals surface area contributed by atoms with Crippen molar-refractivity contribution in [1.82, 2.24) is 15.2 Å². The van der Waals surface area contributed by atoms with Gasteiger partial charge in [0.1, 0.15) is 0 Å². The van der Waals surface area contributed by atoms with Crippen LogP contribution in [0.3, 0.4) is 0 Å². The van der Waals surface area contributed by atoms with Crippen LogP contribution in [0.25, 0.3) is 11.1 Å². The third kappa shape index (κ3) is 7.23. The Morgan fingerprint density at radius 1 is 0.775 bits per heavy atom. The summed E-state index contributed by atoms with van der Waals surface area (Å²) in [5.74, 6) is -0.199. The molecule has 0 bridgehead atoms. The second-order valence-corrected chi connectivity index (χ2v) is 11.1. The summed E-state index contributed by atoms with van der Waals surface area (Å²) in [6, 6.07) is 27.4. The van der Waals surface area contributed by atoms with E-state index in [0.717, 1.165) is 35.1 Å². The Labute approximate surface area is 238 Å². The van der Waals surface area contributed by atoms with E-state index in [4.69, 9.17) is 0 Å². The summed E-state index contributed by atoms with van der Waals surface area (Å²) in [4.78, 5) is 33.3. The smallest absolute Gasteiger partial charge is 0.254 e. The van der Waals surface area contributed by atoms with E-state index in [1.54, 1.807) is 6.20 Å². The number of amides is 2. The van der Waals surface area contributed by atoms with Gasteiger partial charge in [0.25, 0.3) is 11.8 Å². The van der Waals surface area contributed by atoms with Crippen LogP contribution in [0, 0.1) is 0 Å². The monoisotopic (exact) mass is 533 g/mol. The molecular formula is C35H39N3O2. The van der Waals surface area contributed by atoms with Crippen molar-refractivity contribution in [2.24, 2.45) is 0 Å². The molecule has 40 heavy (non-hydrogen) atoms. The van der Waals surface area contributed by atoms with Gasteiger partial charge in [-0.2, -0.15) is 0 Å². The molecule has 4 aromatic rings. The molecule has 0 aliphatic heterocycles. The van der Waals surface area contributed by atoms with Crippen LogP contribution in [0.4, 0.5) is 0 Å². The number of pyridine rings is 1. The van der Waals surface area contributed by atoms with E-state index in [0.29, 0.717) is 30.8 Å². The Kier molecular flexibility index (Phi) is 9.49. The molecular weight excluding hydrogens is 494 g/mol. The molecule has 0 spiro atoms. The van der Waals surface area contributed by atoms with E-state index in [-0.39, 0.29) is 17.2 Å². The molecule has 0 radical (unpaired) electrons. The molecule has 1 N–H and O–H groups in total. The highest BCUT2D eigenvalue weighted by Gasteiger charge is 2.22. The minimum atomic E-state index is -0.167. The highest BCUT2D eigenvalue weighted by atomic mass is 16.2. The molecule has 0 atom stereocenters. The highest BCUT2D eigenvalue weighted by molar-refractivity contribution is 6.06. The third-order valence-electron chi connectivity index (χ3n) is 7.07. The summed E-state index contributed by atoms with van der Waals surface area (Å²) >= 11 is 0. The number of hydrogen-bond donors (Lipinski definition) is 1. The van der Waals surface area contributed by atoms with Crippen LogP contribution in [0.15, 0.2) is 97.3 Å². The zero-order chi connectivity index (χ0) is 28.5. The van der Waals surface area contributed by atoms with E-state index in [1.165, 1.54) is 5.56 Å². The second kappa shape index (κ2) is 13.2. The summed E-state index contributed by atoms with van der Waals surface area (Å²) in [5.41, 5.74) is 6.12. The molecule has 3 aromatic carbocycles. The fourth-order valence-corrected chi connectivity index (χ4v) is 4.79. The first-order valence-corrected chi connectivity index (χ1v) is 14.0. The Balaban J connectivity index is 1.55. The molecule has 0 aliphatic carbocycles. The van der Waals surface area contributed by atoms with Crippen LogP contribution in [-0.2, 0) is 18.4 Å². The van der Waals surface area contributed by atoms with E-state index in [2.05, 4.69) is 62.3 Å². The predicted molar refractivity (Wildman–Crippen MR) is 162 cm³/mol. The Bertz CT molecular complexity index is 1420. The average molecular weight is 534 g/mol. The number of carbonyl (C=O) groups is 2. The number of nitrogens with zero attached hydrogens (tertiary/aromatic N) is 2. The topological polar surface area (TPSA) is 62.3 Å². The molecule has 0 fully saturated rings. The summed E-state index contributed by atoms with van der Waals surface area (Å²) in [5, 5.41) is 3.07. The molecule has 206 valence electrons. The molecule has 1 aromatic heterocycles. The first-order chi connectivity index (χ1) is 19.3. The van der Waals surface area contributed by atoms with Gasteiger partial charge in [0.2, 0.25) is 0 Å². The van der Waals surface area contributed by atoms with Crippen LogP contribution in [0.5, 0.6) is 0 Å². The lowest BCUT2D eigenvalue weighted by atomic mass is 9.87. The van der Waals surface area contributed by atoms with Gasteiger partial charge < -0.3 is 10.2 Å². The van der Waals surface area contributed by atoms with E-state index in [9.17, 15) is 9.59 Å². The number of rotatable bonds is 10. The van der Waals surface area contributed by atoms with Crippen molar-refractivity contribution in [1.29, 1.82) is 0 Å². The minimum Gasteiger partial charge on any atom is -0.348 e. The number of carbonyl (C=O) groups excluding carboxylic acids is 2. The van der Waals surface area contributed by atoms with Crippen LogP contribution in [-0.4, -0.2) is 34.8 Å². The van der Waals surface area contributed by atoms with Crippen molar-refractivity contribution in [3.63, 3.8) is 0 Å². The second-order valence-electron chi connectivity index (χ2n) is 11.1. The molecule has 0 aliphatic rings. The molecule has 5 heteroatoms. The number of benzene rings is 3. The summed E-state index contributed by atoms with van der Waals surface area (Å²) in [6.07, 6.45) is 5.19. The van der Waals surface area contributed by atoms with Crippen molar-refractivity contribution < 1.29 is 9.59 Å². The average Bonchev–Trinajstić information content (AvgIpc) is 2.98. The van der Waals surface area contributed by atoms with Gasteiger partial charge >= 0.3 is 0 Å². The fourth-order valence-electron chi connectivity index (χ4n) is 4.79. The summed E-state index contributed by atoms with van der Waals surface area (Å²) in [6.45, 7) is 10.3. The summed E-state index contributed by atoms with van der Waals surface area (Å²) in [7, 11) is 0. The maximum absolute atomic E-state index is 13.8. The van der Waals surface area contributed by atoms with Crippen LogP contribution in [0.1, 0.15) is 71.5 Å². The first-order valence-electron chi connectivity index (χ1n) is 14.0. The minimum absolute atomic E-state index is 0.0320. The zero-order valence-electron chi connectivity index (χ0n) is 24.0. The van der Waals surface area contributed by atoms with Gasteiger partial charge in [-0.3, -0.25) is 14.6 Å². The van der Waals surface area contributed by atoms with Gasteiger partial charge in [0, 0.05) is 43.2 Å². The Morgan fingerprint density at radius 3 is 2.05 bits per heavy atom. The van der Waals surface area contributed by atoms with Crippen molar-refractivity contribution in [2.75, 3.05) is 13.1 Å². The lowest BCUT2D eigenvalue weighted by Gasteiger charge is -2.24. The molecule has 0 saturated heterocycles. The van der Waals surface area contributed by atoms with E-state index in [1.807, 2.05) is 71.8 Å². The normalized spacial score (nSPS) is 11.2. The fraction of sp³-hybridized carbons (Fsp3) is 0.286. The SMILES string of the molecule is CCCN(CCc1cccnc1)C(=O)c1ccccc1-c1ccccc1C(=O)NCc1ccc(C(C)(C)C)cc1. The zero-order valence-corrected chi connectivity index (χ0v) is 24.0.